The third-order valence-corrected chi connectivity index (χ3v) is 3.98. The summed E-state index contributed by atoms with van der Waals surface area (Å²) in [6, 6.07) is 12.0. The number of aliphatic imine (C=N–C) groups is 1. The van der Waals surface area contributed by atoms with E-state index in [1.54, 1.807) is 12.4 Å². The molecule has 0 aliphatic carbocycles. The molecule has 4 rings (SSSR count). The number of pyridine rings is 1. The van der Waals surface area contributed by atoms with Gasteiger partial charge in [0.2, 0.25) is 11.8 Å². The highest BCUT2D eigenvalue weighted by Gasteiger charge is 2.14. The smallest absolute Gasteiger partial charge is 0.238 e. The molecule has 27 heavy (non-hydrogen) atoms. The van der Waals surface area contributed by atoms with E-state index in [-0.39, 0.29) is 30.7 Å². The van der Waals surface area contributed by atoms with Crippen LogP contribution in [-0.4, -0.2) is 26.3 Å². The summed E-state index contributed by atoms with van der Waals surface area (Å²) in [7, 11) is 0. The Balaban J connectivity index is 0.00000131. The third-order valence-electron chi connectivity index (χ3n) is 3.98. The Morgan fingerprint density at radius 3 is 2.85 bits per heavy atom. The van der Waals surface area contributed by atoms with E-state index in [9.17, 15) is 5.11 Å². The van der Waals surface area contributed by atoms with Crippen LogP contribution in [0.2, 0.25) is 0 Å². The zero-order valence-corrected chi connectivity index (χ0v) is 16.1. The van der Waals surface area contributed by atoms with E-state index in [0.717, 1.165) is 16.7 Å². The van der Waals surface area contributed by atoms with Crippen molar-refractivity contribution in [1.29, 1.82) is 0 Å². The van der Waals surface area contributed by atoms with Crippen molar-refractivity contribution in [3.8, 4) is 5.88 Å². The molecule has 0 fully saturated rings. The Bertz CT molecular complexity index is 997. The summed E-state index contributed by atoms with van der Waals surface area (Å²) in [5.41, 5.74) is 4.71. The van der Waals surface area contributed by atoms with Gasteiger partial charge in [-0.1, -0.05) is 29.8 Å². The monoisotopic (exact) mass is 403 g/mol. The van der Waals surface area contributed by atoms with Crippen molar-refractivity contribution in [3.63, 3.8) is 0 Å². The molecule has 0 bridgehead atoms. The number of allylic oxidation sites excluding steroid dienone is 1. The largest absolute Gasteiger partial charge is 0.492 e. The van der Waals surface area contributed by atoms with Gasteiger partial charge in [0.25, 0.3) is 0 Å². The maximum Gasteiger partial charge on any atom is 0.238 e. The molecule has 0 saturated carbocycles. The van der Waals surface area contributed by atoms with Crippen LogP contribution in [0.4, 0.5) is 11.8 Å². The molecule has 3 heterocycles. The van der Waals surface area contributed by atoms with Crippen LogP contribution in [0.3, 0.4) is 0 Å². The van der Waals surface area contributed by atoms with Crippen LogP contribution >= 0.6 is 24.8 Å². The number of halogens is 2. The maximum absolute atomic E-state index is 10.1. The number of benzene rings is 1. The lowest BCUT2D eigenvalue weighted by Crippen LogP contribution is -2.01. The highest BCUT2D eigenvalue weighted by atomic mass is 35.5. The normalized spacial score (nSPS) is 13.0. The molecule has 1 aliphatic rings. The number of H-pyrrole nitrogens is 1. The summed E-state index contributed by atoms with van der Waals surface area (Å²) in [5, 5.41) is 13.3. The predicted molar refractivity (Wildman–Crippen MR) is 114 cm³/mol. The minimum absolute atomic E-state index is 0. The number of anilines is 1. The van der Waals surface area contributed by atoms with E-state index in [4.69, 9.17) is 0 Å². The second kappa shape index (κ2) is 8.70. The first-order chi connectivity index (χ1) is 12.2. The minimum atomic E-state index is -0.0509. The zero-order chi connectivity index (χ0) is 17.2. The molecule has 0 atom stereocenters. The number of nitrogens with one attached hydrogen (secondary N) is 2. The van der Waals surface area contributed by atoms with Crippen molar-refractivity contribution in [2.75, 3.05) is 5.32 Å². The van der Waals surface area contributed by atoms with Gasteiger partial charge in [-0.05, 0) is 30.7 Å². The Kier molecular flexibility index (Phi) is 6.60. The summed E-state index contributed by atoms with van der Waals surface area (Å²) in [6.45, 7) is 2.68. The van der Waals surface area contributed by atoms with Crippen molar-refractivity contribution in [2.24, 2.45) is 4.99 Å². The van der Waals surface area contributed by atoms with E-state index in [2.05, 4.69) is 44.3 Å². The number of hydrogen-bond donors (Lipinski definition) is 3. The predicted octanol–water partition coefficient (Wildman–Crippen LogP) is 4.53. The van der Waals surface area contributed by atoms with E-state index in [0.29, 0.717) is 24.0 Å². The van der Waals surface area contributed by atoms with Gasteiger partial charge in [0.1, 0.15) is 5.69 Å². The van der Waals surface area contributed by atoms with E-state index < -0.39 is 0 Å². The fraction of sp³-hybridized carbons (Fsp3) is 0.105. The van der Waals surface area contributed by atoms with Crippen molar-refractivity contribution in [2.45, 2.75) is 13.5 Å². The van der Waals surface area contributed by atoms with Crippen molar-refractivity contribution in [1.82, 2.24) is 15.0 Å². The molecule has 1 aromatic carbocycles. The molecule has 0 amide bonds. The number of aromatic hydroxyl groups is 1. The van der Waals surface area contributed by atoms with Crippen LogP contribution in [0, 0.1) is 6.92 Å². The quantitative estimate of drug-likeness (QED) is 0.596. The highest BCUT2D eigenvalue weighted by molar-refractivity contribution is 6.20. The molecule has 3 aromatic rings. The average Bonchev–Trinajstić information content (AvgIpc) is 3.18. The third kappa shape index (κ3) is 4.48. The fourth-order valence-electron chi connectivity index (χ4n) is 2.77. The molecule has 0 radical (unpaired) electrons. The number of nitrogens with zero attached hydrogens (tertiary/aromatic N) is 3. The first-order valence-corrected chi connectivity index (χ1v) is 7.98. The van der Waals surface area contributed by atoms with Crippen LogP contribution in [0.15, 0.2) is 47.6 Å². The van der Waals surface area contributed by atoms with Gasteiger partial charge in [0, 0.05) is 30.1 Å². The SMILES string of the molecule is Cc1cccc(CNc2nc(O)c(/C=C3\C=Nc4ncccc43)[nH]2)c1.Cl.Cl. The summed E-state index contributed by atoms with van der Waals surface area (Å²) in [6.07, 6.45) is 5.26. The number of hydrogen-bond acceptors (Lipinski definition) is 5. The molecular weight excluding hydrogens is 385 g/mol. The van der Waals surface area contributed by atoms with Crippen LogP contribution in [0.1, 0.15) is 22.4 Å². The number of aryl methyl sites for hydroxylation is 1. The van der Waals surface area contributed by atoms with Gasteiger partial charge in [-0.3, -0.25) is 0 Å². The molecule has 0 spiro atoms. The first-order valence-electron chi connectivity index (χ1n) is 7.98. The van der Waals surface area contributed by atoms with E-state index >= 15 is 0 Å². The van der Waals surface area contributed by atoms with Crippen molar-refractivity contribution >= 4 is 54.4 Å². The van der Waals surface area contributed by atoms with Gasteiger partial charge in [-0.15, -0.1) is 24.8 Å². The molecule has 140 valence electrons. The van der Waals surface area contributed by atoms with Gasteiger partial charge in [-0.2, -0.15) is 4.98 Å². The molecule has 3 N–H and O–H groups in total. The Labute approximate surface area is 169 Å². The second-order valence-corrected chi connectivity index (χ2v) is 5.90. The summed E-state index contributed by atoms with van der Waals surface area (Å²) >= 11 is 0. The van der Waals surface area contributed by atoms with Gasteiger partial charge in [-0.25, -0.2) is 9.98 Å². The van der Waals surface area contributed by atoms with Crippen LogP contribution in [0.5, 0.6) is 5.88 Å². The number of fused-ring (bicyclic) bond motifs is 1. The highest BCUT2D eigenvalue weighted by Crippen LogP contribution is 2.31. The Hall–Kier alpha value is -2.83. The Morgan fingerprint density at radius 2 is 2.04 bits per heavy atom. The Morgan fingerprint density at radius 1 is 1.19 bits per heavy atom. The second-order valence-electron chi connectivity index (χ2n) is 5.90. The summed E-state index contributed by atoms with van der Waals surface area (Å²) < 4.78 is 0. The van der Waals surface area contributed by atoms with Crippen LogP contribution < -0.4 is 5.32 Å². The molecule has 0 unspecified atom stereocenters. The van der Waals surface area contributed by atoms with Crippen molar-refractivity contribution in [3.05, 3.63) is 65.0 Å². The number of rotatable bonds is 4. The van der Waals surface area contributed by atoms with Gasteiger partial charge < -0.3 is 15.4 Å². The lowest BCUT2D eigenvalue weighted by atomic mass is 10.1. The maximum atomic E-state index is 10.1. The minimum Gasteiger partial charge on any atom is -0.492 e. The summed E-state index contributed by atoms with van der Waals surface area (Å²) in [5.74, 6) is 1.16. The lowest BCUT2D eigenvalue weighted by Gasteiger charge is -2.03. The van der Waals surface area contributed by atoms with Crippen molar-refractivity contribution < 1.29 is 5.11 Å². The molecule has 8 heteroatoms. The summed E-state index contributed by atoms with van der Waals surface area (Å²) in [4.78, 5) is 15.7. The standard InChI is InChI=1S/C19H17N5O.2ClH/c1-12-4-2-5-13(8-12)10-22-19-23-16(18(25)24-19)9-14-11-21-17-15(14)6-3-7-20-17;;/h2-9,11,25H,10H2,1H3,(H2,22,23,24);2*1H/b14-9+;;. The molecule has 6 nitrogen and oxygen atoms in total. The van der Waals surface area contributed by atoms with E-state index in [1.165, 1.54) is 5.56 Å². The number of imidazole rings is 1. The average molecular weight is 404 g/mol. The van der Waals surface area contributed by atoms with Crippen LogP contribution in [0.25, 0.3) is 11.6 Å². The molecule has 2 aromatic heterocycles. The van der Waals surface area contributed by atoms with E-state index in [1.807, 2.05) is 30.3 Å². The number of aromatic amines is 1. The van der Waals surface area contributed by atoms with Gasteiger partial charge in [0.15, 0.2) is 5.82 Å². The fourth-order valence-corrected chi connectivity index (χ4v) is 2.77. The van der Waals surface area contributed by atoms with Crippen LogP contribution in [-0.2, 0) is 6.54 Å². The lowest BCUT2D eigenvalue weighted by molar-refractivity contribution is 0.455. The molecule has 0 saturated heterocycles. The number of aromatic nitrogens is 3. The first kappa shape index (κ1) is 20.5. The van der Waals surface area contributed by atoms with Gasteiger partial charge >= 0.3 is 0 Å². The molecular formula is C19H19Cl2N5O. The topological polar surface area (TPSA) is 86.2 Å². The van der Waals surface area contributed by atoms with Gasteiger partial charge in [0.05, 0.1) is 0 Å². The zero-order valence-electron chi connectivity index (χ0n) is 14.5. The molecule has 1 aliphatic heterocycles.